The van der Waals surface area contributed by atoms with Crippen molar-refractivity contribution in [3.8, 4) is 0 Å². The molecule has 0 bridgehead atoms. The van der Waals surface area contributed by atoms with Crippen LogP contribution in [0.1, 0.15) is 15.9 Å². The molecule has 1 aromatic carbocycles. The summed E-state index contributed by atoms with van der Waals surface area (Å²) in [6, 6.07) is 6.35. The van der Waals surface area contributed by atoms with Gasteiger partial charge in [0, 0.05) is 5.56 Å². The molecule has 1 rings (SSSR count). The van der Waals surface area contributed by atoms with Crippen LogP contribution < -0.4 is 0 Å². The molecule has 0 aliphatic rings. The zero-order valence-corrected chi connectivity index (χ0v) is 6.44. The molecule has 0 N–H and O–H groups in total. The van der Waals surface area contributed by atoms with Crippen molar-refractivity contribution in [1.82, 2.24) is 0 Å². The number of alkyl halides is 1. The predicted molar refractivity (Wildman–Crippen MR) is 41.4 cm³/mol. The van der Waals surface area contributed by atoms with E-state index in [4.69, 9.17) is 11.6 Å². The molecule has 0 aliphatic heterocycles. The Labute approximate surface area is 68.8 Å². The van der Waals surface area contributed by atoms with Crippen LogP contribution in [0.2, 0.25) is 0 Å². The van der Waals surface area contributed by atoms with E-state index in [2.05, 4.69) is 0 Å². The summed E-state index contributed by atoms with van der Waals surface area (Å²) in [6.45, 7) is -0.658. The van der Waals surface area contributed by atoms with Gasteiger partial charge in [0.15, 0.2) is 0 Å². The van der Waals surface area contributed by atoms with E-state index in [9.17, 15) is 9.18 Å². The minimum Gasteiger partial charge on any atom is -0.276 e. The zero-order valence-electron chi connectivity index (χ0n) is 5.68. The maximum atomic E-state index is 12.1. The molecular formula is C8H6ClFO. The number of carbonyl (C=O) groups excluding carboxylic acids is 1. The lowest BCUT2D eigenvalue weighted by Gasteiger charge is -1.98. The molecule has 0 aliphatic carbocycles. The SMILES string of the molecule is O=C(Cl)c1ccccc1CF. The van der Waals surface area contributed by atoms with E-state index in [0.717, 1.165) is 0 Å². The van der Waals surface area contributed by atoms with Gasteiger partial charge in [-0.25, -0.2) is 4.39 Å². The van der Waals surface area contributed by atoms with Crippen molar-refractivity contribution < 1.29 is 9.18 Å². The minimum atomic E-state index is -0.658. The lowest BCUT2D eigenvalue weighted by atomic mass is 10.1. The Morgan fingerprint density at radius 2 is 2.09 bits per heavy atom. The summed E-state index contributed by atoms with van der Waals surface area (Å²) >= 11 is 5.18. The summed E-state index contributed by atoms with van der Waals surface area (Å²) in [7, 11) is 0. The van der Waals surface area contributed by atoms with Crippen LogP contribution in [0, 0.1) is 0 Å². The van der Waals surface area contributed by atoms with Crippen LogP contribution in [0.5, 0.6) is 0 Å². The Balaban J connectivity index is 3.12. The van der Waals surface area contributed by atoms with Crippen molar-refractivity contribution in [3.05, 3.63) is 35.4 Å². The van der Waals surface area contributed by atoms with E-state index < -0.39 is 11.9 Å². The fourth-order valence-corrected chi connectivity index (χ4v) is 1.01. The molecule has 3 heteroatoms. The second kappa shape index (κ2) is 3.49. The molecule has 0 heterocycles. The predicted octanol–water partition coefficient (Wildman–Crippen LogP) is 2.54. The topological polar surface area (TPSA) is 17.1 Å². The first-order valence-electron chi connectivity index (χ1n) is 3.09. The lowest BCUT2D eigenvalue weighted by Crippen LogP contribution is -1.94. The first-order chi connectivity index (χ1) is 5.25. The number of hydrogen-bond acceptors (Lipinski definition) is 1. The normalized spacial score (nSPS) is 9.64. The largest absolute Gasteiger partial charge is 0.276 e. The van der Waals surface area contributed by atoms with E-state index in [1.54, 1.807) is 12.1 Å². The molecule has 1 aromatic rings. The lowest BCUT2D eigenvalue weighted by molar-refractivity contribution is 0.108. The van der Waals surface area contributed by atoms with Crippen molar-refractivity contribution in [1.29, 1.82) is 0 Å². The fourth-order valence-electron chi connectivity index (χ4n) is 0.829. The zero-order chi connectivity index (χ0) is 8.27. The van der Waals surface area contributed by atoms with Crippen LogP contribution >= 0.6 is 11.6 Å². The monoisotopic (exact) mass is 172 g/mol. The molecule has 1 nitrogen and oxygen atoms in total. The number of benzene rings is 1. The maximum Gasteiger partial charge on any atom is 0.252 e. The van der Waals surface area contributed by atoms with Crippen molar-refractivity contribution in [3.63, 3.8) is 0 Å². The Morgan fingerprint density at radius 1 is 1.45 bits per heavy atom. The van der Waals surface area contributed by atoms with Gasteiger partial charge in [-0.15, -0.1) is 0 Å². The molecule has 0 fully saturated rings. The first-order valence-corrected chi connectivity index (χ1v) is 3.47. The van der Waals surface area contributed by atoms with E-state index in [-0.39, 0.29) is 5.56 Å². The molecule has 58 valence electrons. The summed E-state index contributed by atoms with van der Waals surface area (Å²) in [4.78, 5) is 10.6. The number of halogens is 2. The second-order valence-corrected chi connectivity index (χ2v) is 2.41. The van der Waals surface area contributed by atoms with Gasteiger partial charge in [-0.2, -0.15) is 0 Å². The molecule has 0 saturated carbocycles. The average molecular weight is 173 g/mol. The Morgan fingerprint density at radius 3 is 2.55 bits per heavy atom. The summed E-state index contributed by atoms with van der Waals surface area (Å²) in [5.41, 5.74) is 0.587. The molecule has 11 heavy (non-hydrogen) atoms. The van der Waals surface area contributed by atoms with Gasteiger partial charge in [-0.3, -0.25) is 4.79 Å². The number of rotatable bonds is 2. The first kappa shape index (κ1) is 8.21. The van der Waals surface area contributed by atoms with Gasteiger partial charge in [-0.1, -0.05) is 18.2 Å². The summed E-state index contributed by atoms with van der Waals surface area (Å²) < 4.78 is 12.1. The third-order valence-electron chi connectivity index (χ3n) is 1.37. The summed E-state index contributed by atoms with van der Waals surface area (Å²) in [5.74, 6) is 0. The third kappa shape index (κ3) is 1.77. The standard InChI is InChI=1S/C8H6ClFO/c9-8(11)7-4-2-1-3-6(7)5-10/h1-4H,5H2. The maximum absolute atomic E-state index is 12.1. The van der Waals surface area contributed by atoms with Gasteiger partial charge >= 0.3 is 0 Å². The van der Waals surface area contributed by atoms with Crippen LogP contribution in [-0.2, 0) is 6.67 Å². The van der Waals surface area contributed by atoms with Crippen LogP contribution in [0.25, 0.3) is 0 Å². The third-order valence-corrected chi connectivity index (χ3v) is 1.58. The highest BCUT2D eigenvalue weighted by Gasteiger charge is 2.06. The van der Waals surface area contributed by atoms with E-state index in [0.29, 0.717) is 5.56 Å². The van der Waals surface area contributed by atoms with Gasteiger partial charge in [0.05, 0.1) is 0 Å². The molecule has 0 unspecified atom stereocenters. The molecular weight excluding hydrogens is 167 g/mol. The van der Waals surface area contributed by atoms with Gasteiger partial charge < -0.3 is 0 Å². The smallest absolute Gasteiger partial charge is 0.252 e. The van der Waals surface area contributed by atoms with Crippen LogP contribution in [0.15, 0.2) is 24.3 Å². The Bertz CT molecular complexity index is 273. The highest BCUT2D eigenvalue weighted by Crippen LogP contribution is 2.12. The molecule has 0 atom stereocenters. The quantitative estimate of drug-likeness (QED) is 0.627. The summed E-state index contributed by atoms with van der Waals surface area (Å²) in [5, 5.41) is -0.613. The van der Waals surface area contributed by atoms with Crippen LogP contribution in [0.3, 0.4) is 0 Å². The van der Waals surface area contributed by atoms with Gasteiger partial charge in [0.2, 0.25) is 0 Å². The Kier molecular flexibility index (Phi) is 2.60. The second-order valence-electron chi connectivity index (χ2n) is 2.06. The highest BCUT2D eigenvalue weighted by atomic mass is 35.5. The van der Waals surface area contributed by atoms with E-state index >= 15 is 0 Å². The molecule has 0 amide bonds. The number of hydrogen-bond donors (Lipinski definition) is 0. The van der Waals surface area contributed by atoms with Crippen molar-refractivity contribution in [2.75, 3.05) is 0 Å². The average Bonchev–Trinajstić information content (AvgIpc) is 2.04. The molecule has 0 spiro atoms. The number of carbonyl (C=O) groups is 1. The summed E-state index contributed by atoms with van der Waals surface area (Å²) in [6.07, 6.45) is 0. The molecule has 0 radical (unpaired) electrons. The van der Waals surface area contributed by atoms with Crippen LogP contribution in [0.4, 0.5) is 4.39 Å². The van der Waals surface area contributed by atoms with Crippen molar-refractivity contribution in [2.45, 2.75) is 6.67 Å². The Hall–Kier alpha value is -0.890. The van der Waals surface area contributed by atoms with Gasteiger partial charge in [0.25, 0.3) is 5.24 Å². The van der Waals surface area contributed by atoms with E-state index in [1.807, 2.05) is 0 Å². The van der Waals surface area contributed by atoms with Crippen molar-refractivity contribution in [2.24, 2.45) is 0 Å². The molecule has 0 aromatic heterocycles. The highest BCUT2D eigenvalue weighted by molar-refractivity contribution is 6.67. The van der Waals surface area contributed by atoms with Gasteiger partial charge in [0.1, 0.15) is 6.67 Å². The van der Waals surface area contributed by atoms with Gasteiger partial charge in [-0.05, 0) is 23.2 Å². The fraction of sp³-hybridized carbons (Fsp3) is 0.125. The minimum absolute atomic E-state index is 0.247. The van der Waals surface area contributed by atoms with Crippen LogP contribution in [-0.4, -0.2) is 5.24 Å². The van der Waals surface area contributed by atoms with E-state index in [1.165, 1.54) is 12.1 Å². The molecule has 0 saturated heterocycles. The van der Waals surface area contributed by atoms with Crippen molar-refractivity contribution >= 4 is 16.8 Å².